The lowest BCUT2D eigenvalue weighted by Crippen LogP contribution is -2.08. The molecule has 0 heterocycles. The van der Waals surface area contributed by atoms with Crippen LogP contribution in [0.25, 0.3) is 0 Å². The summed E-state index contributed by atoms with van der Waals surface area (Å²) in [6.45, 7) is 1.89. The first kappa shape index (κ1) is 11.9. The standard InChI is InChI=1S/C11H13ClO3/c1-7-6-8(4-5-9(7)14-2)10(12)11(13)15-3/h4-6,10H,1-3H3. The number of carbonyl (C=O) groups excluding carboxylic acids is 1. The van der Waals surface area contributed by atoms with E-state index in [1.807, 2.05) is 13.0 Å². The molecular formula is C11H13ClO3. The summed E-state index contributed by atoms with van der Waals surface area (Å²) >= 11 is 5.91. The molecule has 0 aliphatic rings. The monoisotopic (exact) mass is 228 g/mol. The van der Waals surface area contributed by atoms with Crippen LogP contribution in [0.1, 0.15) is 16.5 Å². The molecule has 0 spiro atoms. The van der Waals surface area contributed by atoms with Gasteiger partial charge in [0, 0.05) is 0 Å². The summed E-state index contributed by atoms with van der Waals surface area (Å²) in [5.74, 6) is 0.314. The van der Waals surface area contributed by atoms with E-state index in [0.717, 1.165) is 11.3 Å². The third-order valence-electron chi connectivity index (χ3n) is 2.12. The van der Waals surface area contributed by atoms with Gasteiger partial charge in [-0.3, -0.25) is 4.79 Å². The van der Waals surface area contributed by atoms with Crippen molar-refractivity contribution < 1.29 is 14.3 Å². The molecule has 0 saturated heterocycles. The van der Waals surface area contributed by atoms with E-state index in [9.17, 15) is 4.79 Å². The smallest absolute Gasteiger partial charge is 0.328 e. The highest BCUT2D eigenvalue weighted by atomic mass is 35.5. The largest absolute Gasteiger partial charge is 0.496 e. The maximum Gasteiger partial charge on any atom is 0.328 e. The predicted molar refractivity (Wildman–Crippen MR) is 58.3 cm³/mol. The number of rotatable bonds is 3. The van der Waals surface area contributed by atoms with Gasteiger partial charge in [0.15, 0.2) is 5.38 Å². The molecule has 0 radical (unpaired) electrons. The number of alkyl halides is 1. The minimum absolute atomic E-state index is 0.457. The zero-order valence-electron chi connectivity index (χ0n) is 8.91. The molecule has 3 nitrogen and oxygen atoms in total. The Morgan fingerprint density at radius 2 is 2.07 bits per heavy atom. The van der Waals surface area contributed by atoms with Crippen molar-refractivity contribution >= 4 is 17.6 Å². The maximum absolute atomic E-state index is 11.2. The SMILES string of the molecule is COC(=O)C(Cl)c1ccc(OC)c(C)c1. The lowest BCUT2D eigenvalue weighted by molar-refractivity contribution is -0.140. The van der Waals surface area contributed by atoms with E-state index >= 15 is 0 Å². The van der Waals surface area contributed by atoms with Gasteiger partial charge >= 0.3 is 5.97 Å². The van der Waals surface area contributed by atoms with Crippen molar-refractivity contribution in [3.63, 3.8) is 0 Å². The number of hydrogen-bond donors (Lipinski definition) is 0. The Morgan fingerprint density at radius 3 is 2.53 bits per heavy atom. The topological polar surface area (TPSA) is 35.5 Å². The van der Waals surface area contributed by atoms with Gasteiger partial charge in [0.25, 0.3) is 0 Å². The van der Waals surface area contributed by atoms with Crippen LogP contribution in [-0.4, -0.2) is 20.2 Å². The second kappa shape index (κ2) is 5.03. The van der Waals surface area contributed by atoms with Crippen molar-refractivity contribution in [3.8, 4) is 5.75 Å². The molecule has 1 atom stereocenters. The molecule has 0 fully saturated rings. The molecule has 4 heteroatoms. The predicted octanol–water partition coefficient (Wildman–Crippen LogP) is 2.46. The maximum atomic E-state index is 11.2. The van der Waals surface area contributed by atoms with E-state index in [0.29, 0.717) is 5.56 Å². The molecule has 0 saturated carbocycles. The van der Waals surface area contributed by atoms with Crippen molar-refractivity contribution in [2.24, 2.45) is 0 Å². The molecule has 1 aromatic rings. The molecule has 0 N–H and O–H groups in total. The van der Waals surface area contributed by atoms with Gasteiger partial charge in [-0.1, -0.05) is 12.1 Å². The van der Waals surface area contributed by atoms with E-state index < -0.39 is 11.3 Å². The fourth-order valence-electron chi connectivity index (χ4n) is 1.30. The van der Waals surface area contributed by atoms with Crippen LogP contribution >= 0.6 is 11.6 Å². The third-order valence-corrected chi connectivity index (χ3v) is 2.55. The van der Waals surface area contributed by atoms with Crippen molar-refractivity contribution in [2.75, 3.05) is 14.2 Å². The normalized spacial score (nSPS) is 12.0. The minimum Gasteiger partial charge on any atom is -0.496 e. The Balaban J connectivity index is 2.97. The second-order valence-electron chi connectivity index (χ2n) is 3.11. The Morgan fingerprint density at radius 1 is 1.40 bits per heavy atom. The molecule has 0 aliphatic carbocycles. The van der Waals surface area contributed by atoms with Crippen LogP contribution in [0, 0.1) is 6.92 Å². The Kier molecular flexibility index (Phi) is 3.97. The highest BCUT2D eigenvalue weighted by Crippen LogP contribution is 2.26. The first-order valence-electron chi connectivity index (χ1n) is 4.46. The zero-order chi connectivity index (χ0) is 11.4. The van der Waals surface area contributed by atoms with E-state index in [-0.39, 0.29) is 0 Å². The van der Waals surface area contributed by atoms with E-state index in [4.69, 9.17) is 16.3 Å². The number of aryl methyl sites for hydroxylation is 1. The van der Waals surface area contributed by atoms with E-state index in [1.54, 1.807) is 19.2 Å². The summed E-state index contributed by atoms with van der Waals surface area (Å²) in [5, 5.41) is -0.764. The van der Waals surface area contributed by atoms with Gasteiger partial charge < -0.3 is 9.47 Å². The van der Waals surface area contributed by atoms with Crippen molar-refractivity contribution in [1.29, 1.82) is 0 Å². The van der Waals surface area contributed by atoms with Crippen LogP contribution in [0.3, 0.4) is 0 Å². The quantitative estimate of drug-likeness (QED) is 0.589. The van der Waals surface area contributed by atoms with Crippen molar-refractivity contribution in [1.82, 2.24) is 0 Å². The summed E-state index contributed by atoms with van der Waals surface area (Å²) in [6.07, 6.45) is 0. The summed E-state index contributed by atoms with van der Waals surface area (Å²) in [7, 11) is 2.91. The third kappa shape index (κ3) is 2.63. The number of carbonyl (C=O) groups is 1. The summed E-state index contributed by atoms with van der Waals surface area (Å²) in [5.41, 5.74) is 1.64. The molecule has 1 aromatic carbocycles. The van der Waals surface area contributed by atoms with Crippen molar-refractivity contribution in [3.05, 3.63) is 29.3 Å². The number of methoxy groups -OCH3 is 2. The van der Waals surface area contributed by atoms with Gasteiger partial charge in [0.2, 0.25) is 0 Å². The summed E-state index contributed by atoms with van der Waals surface area (Å²) < 4.78 is 9.67. The second-order valence-corrected chi connectivity index (χ2v) is 3.55. The van der Waals surface area contributed by atoms with Crippen LogP contribution in [-0.2, 0) is 9.53 Å². The van der Waals surface area contributed by atoms with Gasteiger partial charge in [0.1, 0.15) is 5.75 Å². The molecule has 1 rings (SSSR count). The Hall–Kier alpha value is -1.22. The average Bonchev–Trinajstić information content (AvgIpc) is 2.26. The lowest BCUT2D eigenvalue weighted by Gasteiger charge is -2.10. The average molecular weight is 229 g/mol. The van der Waals surface area contributed by atoms with Gasteiger partial charge in [-0.05, 0) is 24.1 Å². The van der Waals surface area contributed by atoms with Gasteiger partial charge in [-0.15, -0.1) is 11.6 Å². The Labute approximate surface area is 93.9 Å². The number of halogens is 1. The summed E-state index contributed by atoms with van der Waals surface area (Å²) in [6, 6.07) is 5.34. The molecule has 0 bridgehead atoms. The van der Waals surface area contributed by atoms with Crippen LogP contribution in [0.4, 0.5) is 0 Å². The minimum atomic E-state index is -0.764. The fourth-order valence-corrected chi connectivity index (χ4v) is 1.52. The van der Waals surface area contributed by atoms with Crippen LogP contribution in [0.15, 0.2) is 18.2 Å². The van der Waals surface area contributed by atoms with Gasteiger partial charge in [-0.2, -0.15) is 0 Å². The molecule has 82 valence electrons. The lowest BCUT2D eigenvalue weighted by atomic mass is 10.1. The summed E-state index contributed by atoms with van der Waals surface area (Å²) in [4.78, 5) is 11.2. The van der Waals surface area contributed by atoms with Crippen LogP contribution < -0.4 is 4.74 Å². The van der Waals surface area contributed by atoms with Gasteiger partial charge in [0.05, 0.1) is 14.2 Å². The van der Waals surface area contributed by atoms with E-state index in [2.05, 4.69) is 4.74 Å². The first-order chi connectivity index (χ1) is 7.10. The number of esters is 1. The molecule has 0 aliphatic heterocycles. The van der Waals surface area contributed by atoms with Gasteiger partial charge in [-0.25, -0.2) is 0 Å². The molecule has 0 amide bonds. The fraction of sp³-hybridized carbons (Fsp3) is 0.364. The number of hydrogen-bond acceptors (Lipinski definition) is 3. The van der Waals surface area contributed by atoms with E-state index in [1.165, 1.54) is 7.11 Å². The molecule has 1 unspecified atom stereocenters. The van der Waals surface area contributed by atoms with Crippen LogP contribution in [0.5, 0.6) is 5.75 Å². The van der Waals surface area contributed by atoms with Crippen LogP contribution in [0.2, 0.25) is 0 Å². The number of benzene rings is 1. The molecule has 0 aromatic heterocycles. The molecule has 15 heavy (non-hydrogen) atoms. The molecular weight excluding hydrogens is 216 g/mol. The highest BCUT2D eigenvalue weighted by Gasteiger charge is 2.18. The van der Waals surface area contributed by atoms with Crippen molar-refractivity contribution in [2.45, 2.75) is 12.3 Å². The first-order valence-corrected chi connectivity index (χ1v) is 4.90. The Bertz CT molecular complexity index is 363. The highest BCUT2D eigenvalue weighted by molar-refractivity contribution is 6.29. The number of ether oxygens (including phenoxy) is 2. The zero-order valence-corrected chi connectivity index (χ0v) is 9.67.